The molecule has 1 aromatic carbocycles. The highest BCUT2D eigenvalue weighted by atomic mass is 16.1. The quantitative estimate of drug-likeness (QED) is 0.742. The molecule has 4 nitrogen and oxygen atoms in total. The summed E-state index contributed by atoms with van der Waals surface area (Å²) in [5, 5.41) is 3.12. The third-order valence-electron chi connectivity index (χ3n) is 4.53. The van der Waals surface area contributed by atoms with Crippen molar-refractivity contribution in [3.8, 4) is 0 Å². The maximum absolute atomic E-state index is 12.2. The summed E-state index contributed by atoms with van der Waals surface area (Å²) in [5.41, 5.74) is 2.11. The van der Waals surface area contributed by atoms with Crippen LogP contribution in [0.2, 0.25) is 0 Å². The molecule has 4 heteroatoms. The molecule has 0 unspecified atom stereocenters. The summed E-state index contributed by atoms with van der Waals surface area (Å²) in [7, 11) is 2.16. The number of carbonyl (C=O) groups is 1. The molecule has 23 heavy (non-hydrogen) atoms. The van der Waals surface area contributed by atoms with Crippen molar-refractivity contribution in [1.82, 2.24) is 4.90 Å². The summed E-state index contributed by atoms with van der Waals surface area (Å²) in [6.07, 6.45) is 6.52. The monoisotopic (exact) mass is 317 g/mol. The number of piperazine rings is 1. The fourth-order valence-corrected chi connectivity index (χ4v) is 3.00. The van der Waals surface area contributed by atoms with Crippen LogP contribution in [0.5, 0.6) is 0 Å². The van der Waals surface area contributed by atoms with Crippen LogP contribution >= 0.6 is 0 Å². The van der Waals surface area contributed by atoms with Gasteiger partial charge in [-0.2, -0.15) is 0 Å². The van der Waals surface area contributed by atoms with Crippen molar-refractivity contribution in [2.75, 3.05) is 43.4 Å². The predicted octanol–water partition coefficient (Wildman–Crippen LogP) is 3.74. The van der Waals surface area contributed by atoms with Gasteiger partial charge in [0.2, 0.25) is 5.91 Å². The molecule has 1 aliphatic rings. The summed E-state index contributed by atoms with van der Waals surface area (Å²) in [6.45, 7) is 6.38. The normalized spacial score (nSPS) is 15.7. The molecule has 0 aromatic heterocycles. The van der Waals surface area contributed by atoms with Gasteiger partial charge in [0.05, 0.1) is 11.4 Å². The number of nitrogens with zero attached hydrogens (tertiary/aromatic N) is 2. The molecule has 0 spiro atoms. The van der Waals surface area contributed by atoms with E-state index in [0.717, 1.165) is 50.4 Å². The molecule has 1 saturated heterocycles. The van der Waals surface area contributed by atoms with E-state index < -0.39 is 0 Å². The van der Waals surface area contributed by atoms with Gasteiger partial charge < -0.3 is 15.1 Å². The van der Waals surface area contributed by atoms with Gasteiger partial charge in [-0.05, 0) is 25.6 Å². The van der Waals surface area contributed by atoms with E-state index in [0.29, 0.717) is 6.42 Å². The molecule has 2 rings (SSSR count). The van der Waals surface area contributed by atoms with Crippen molar-refractivity contribution >= 4 is 17.3 Å². The molecular formula is C19H31N3O. The lowest BCUT2D eigenvalue weighted by atomic mass is 10.1. The van der Waals surface area contributed by atoms with Crippen molar-refractivity contribution in [3.63, 3.8) is 0 Å². The van der Waals surface area contributed by atoms with Crippen LogP contribution in [0.1, 0.15) is 45.4 Å². The highest BCUT2D eigenvalue weighted by Crippen LogP contribution is 2.26. The third kappa shape index (κ3) is 5.87. The molecule has 1 amide bonds. The minimum Gasteiger partial charge on any atom is -0.367 e. The lowest BCUT2D eigenvalue weighted by molar-refractivity contribution is -0.116. The number of likely N-dealkylation sites (N-methyl/N-ethyl adjacent to an activating group) is 1. The van der Waals surface area contributed by atoms with E-state index in [9.17, 15) is 4.79 Å². The number of carbonyl (C=O) groups excluding carboxylic acids is 1. The number of para-hydroxylation sites is 2. The largest absolute Gasteiger partial charge is 0.367 e. The fraction of sp³-hybridized carbons (Fsp3) is 0.632. The number of hydrogen-bond acceptors (Lipinski definition) is 3. The standard InChI is InChI=1S/C19H31N3O/c1-3-4-5-6-7-12-19(23)20-17-10-8-9-11-18(17)22-15-13-21(2)14-16-22/h8-11H,3-7,12-16H2,1-2H3,(H,20,23). The SMILES string of the molecule is CCCCCCCC(=O)Nc1ccccc1N1CCN(C)CC1. The molecule has 0 atom stereocenters. The molecule has 1 fully saturated rings. The zero-order valence-electron chi connectivity index (χ0n) is 14.7. The van der Waals surface area contributed by atoms with E-state index in [1.807, 2.05) is 18.2 Å². The maximum Gasteiger partial charge on any atom is 0.224 e. The Labute approximate surface area is 140 Å². The fourth-order valence-electron chi connectivity index (χ4n) is 3.00. The second-order valence-corrected chi connectivity index (χ2v) is 6.52. The molecule has 128 valence electrons. The van der Waals surface area contributed by atoms with E-state index >= 15 is 0 Å². The van der Waals surface area contributed by atoms with E-state index in [1.54, 1.807) is 0 Å². The van der Waals surface area contributed by atoms with Crippen LogP contribution in [0, 0.1) is 0 Å². The van der Waals surface area contributed by atoms with Crippen molar-refractivity contribution in [2.45, 2.75) is 45.4 Å². The number of benzene rings is 1. The molecule has 1 aliphatic heterocycles. The Morgan fingerprint density at radius 3 is 2.48 bits per heavy atom. The Bertz CT molecular complexity index is 481. The predicted molar refractivity (Wildman–Crippen MR) is 98.2 cm³/mol. The highest BCUT2D eigenvalue weighted by Gasteiger charge is 2.17. The first-order chi connectivity index (χ1) is 11.2. The Morgan fingerprint density at radius 1 is 1.04 bits per heavy atom. The van der Waals surface area contributed by atoms with Gasteiger partial charge in [-0.15, -0.1) is 0 Å². The summed E-state index contributed by atoms with van der Waals surface area (Å²) in [4.78, 5) is 16.9. The second-order valence-electron chi connectivity index (χ2n) is 6.52. The average molecular weight is 317 g/mol. The second kappa shape index (κ2) is 9.56. The number of anilines is 2. The van der Waals surface area contributed by atoms with Gasteiger partial charge in [-0.25, -0.2) is 0 Å². The van der Waals surface area contributed by atoms with Crippen LogP contribution in [0.25, 0.3) is 0 Å². The Hall–Kier alpha value is -1.55. The van der Waals surface area contributed by atoms with Crippen molar-refractivity contribution in [1.29, 1.82) is 0 Å². The number of rotatable bonds is 8. The summed E-state index contributed by atoms with van der Waals surface area (Å²) < 4.78 is 0. The van der Waals surface area contributed by atoms with Crippen LogP contribution in [-0.2, 0) is 4.79 Å². The maximum atomic E-state index is 12.2. The van der Waals surface area contributed by atoms with Gasteiger partial charge in [0.15, 0.2) is 0 Å². The molecule has 0 radical (unpaired) electrons. The van der Waals surface area contributed by atoms with Crippen LogP contribution in [0.3, 0.4) is 0 Å². The zero-order chi connectivity index (χ0) is 16.5. The van der Waals surface area contributed by atoms with Crippen molar-refractivity contribution < 1.29 is 4.79 Å². The van der Waals surface area contributed by atoms with Crippen LogP contribution in [-0.4, -0.2) is 44.0 Å². The third-order valence-corrected chi connectivity index (χ3v) is 4.53. The minimum atomic E-state index is 0.142. The van der Waals surface area contributed by atoms with Crippen LogP contribution in [0.15, 0.2) is 24.3 Å². The van der Waals surface area contributed by atoms with Gasteiger partial charge in [0.1, 0.15) is 0 Å². The van der Waals surface area contributed by atoms with Gasteiger partial charge in [0, 0.05) is 32.6 Å². The first kappa shape index (κ1) is 17.8. The molecular weight excluding hydrogens is 286 g/mol. The Balaban J connectivity index is 1.86. The van der Waals surface area contributed by atoms with E-state index in [2.05, 4.69) is 35.2 Å². The highest BCUT2D eigenvalue weighted by molar-refractivity contribution is 5.94. The molecule has 0 aliphatic carbocycles. The first-order valence-electron chi connectivity index (χ1n) is 9.03. The van der Waals surface area contributed by atoms with E-state index in [-0.39, 0.29) is 5.91 Å². The average Bonchev–Trinajstić information content (AvgIpc) is 2.56. The van der Waals surface area contributed by atoms with Crippen molar-refractivity contribution in [2.24, 2.45) is 0 Å². The molecule has 1 N–H and O–H groups in total. The smallest absolute Gasteiger partial charge is 0.224 e. The van der Waals surface area contributed by atoms with Crippen molar-refractivity contribution in [3.05, 3.63) is 24.3 Å². The van der Waals surface area contributed by atoms with E-state index in [4.69, 9.17) is 0 Å². The molecule has 1 heterocycles. The molecule has 0 bridgehead atoms. The van der Waals surface area contributed by atoms with Gasteiger partial charge in [0.25, 0.3) is 0 Å². The summed E-state index contributed by atoms with van der Waals surface area (Å²) in [5.74, 6) is 0.142. The van der Waals surface area contributed by atoms with Crippen LogP contribution < -0.4 is 10.2 Å². The number of nitrogens with one attached hydrogen (secondary N) is 1. The molecule has 0 saturated carbocycles. The number of amides is 1. The Kier molecular flexibility index (Phi) is 7.40. The van der Waals surface area contributed by atoms with Crippen LogP contribution in [0.4, 0.5) is 11.4 Å². The van der Waals surface area contributed by atoms with Gasteiger partial charge in [-0.1, -0.05) is 44.7 Å². The summed E-state index contributed by atoms with van der Waals surface area (Å²) in [6, 6.07) is 8.18. The van der Waals surface area contributed by atoms with Gasteiger partial charge >= 0.3 is 0 Å². The first-order valence-corrected chi connectivity index (χ1v) is 9.03. The molecule has 1 aromatic rings. The Morgan fingerprint density at radius 2 is 1.74 bits per heavy atom. The topological polar surface area (TPSA) is 35.6 Å². The van der Waals surface area contributed by atoms with E-state index in [1.165, 1.54) is 19.3 Å². The summed E-state index contributed by atoms with van der Waals surface area (Å²) >= 11 is 0. The zero-order valence-corrected chi connectivity index (χ0v) is 14.7. The number of hydrogen-bond donors (Lipinski definition) is 1. The lowest BCUT2D eigenvalue weighted by Crippen LogP contribution is -2.44. The van der Waals surface area contributed by atoms with Gasteiger partial charge in [-0.3, -0.25) is 4.79 Å². The lowest BCUT2D eigenvalue weighted by Gasteiger charge is -2.35. The number of unbranched alkanes of at least 4 members (excludes halogenated alkanes) is 4. The minimum absolute atomic E-state index is 0.142.